The van der Waals surface area contributed by atoms with Crippen molar-refractivity contribution < 1.29 is 22.7 Å². The van der Waals surface area contributed by atoms with Gasteiger partial charge in [-0.25, -0.2) is 4.79 Å². The Morgan fingerprint density at radius 1 is 1.20 bits per heavy atom. The number of hydrogen-bond acceptors (Lipinski definition) is 4. The van der Waals surface area contributed by atoms with E-state index in [1.54, 1.807) is 0 Å². The van der Waals surface area contributed by atoms with E-state index in [0.29, 0.717) is 12.5 Å². The number of nitrogens with zero attached hydrogens (tertiary/aromatic N) is 3. The second kappa shape index (κ2) is 10.1. The smallest absolute Gasteiger partial charge is 0.410 e. The van der Waals surface area contributed by atoms with Crippen LogP contribution in [0.25, 0.3) is 0 Å². The summed E-state index contributed by atoms with van der Waals surface area (Å²) < 4.78 is 42.9. The number of amides is 1. The van der Waals surface area contributed by atoms with Gasteiger partial charge in [-0.05, 0) is 60.4 Å². The monoisotopic (exact) mass is 435 g/mol. The normalized spacial score (nSPS) is 24.9. The summed E-state index contributed by atoms with van der Waals surface area (Å²) in [5.74, 6) is 0.605. The van der Waals surface area contributed by atoms with Crippen molar-refractivity contribution in [2.45, 2.75) is 83.3 Å². The van der Waals surface area contributed by atoms with Crippen molar-refractivity contribution >= 4 is 12.1 Å². The lowest BCUT2D eigenvalue weighted by Gasteiger charge is -2.40. The zero-order chi connectivity index (χ0) is 22.5. The first kappa shape index (κ1) is 24.6. The zero-order valence-corrected chi connectivity index (χ0v) is 18.7. The average Bonchev–Trinajstić information content (AvgIpc) is 2.83. The minimum atomic E-state index is -4.21. The van der Waals surface area contributed by atoms with E-state index in [0.717, 1.165) is 25.7 Å². The van der Waals surface area contributed by atoms with Crippen molar-refractivity contribution in [1.82, 2.24) is 20.4 Å². The standard InChI is InChI=1S/C20H36F3N5O2/c1-6-24-17(25-9-10-27(5)13-20(21,22)23)26-14-11-15-7-8-16(12-14)28(15)18(29)30-19(2,3)4/h14-16H,6-13H2,1-5H3,(H2,24,25,26). The van der Waals surface area contributed by atoms with Crippen LogP contribution >= 0.6 is 0 Å². The van der Waals surface area contributed by atoms with Gasteiger partial charge >= 0.3 is 12.3 Å². The number of likely N-dealkylation sites (N-methyl/N-ethyl adjacent to an activating group) is 1. The van der Waals surface area contributed by atoms with Gasteiger partial charge in [0.1, 0.15) is 5.60 Å². The Labute approximate surface area is 177 Å². The molecule has 2 unspecified atom stereocenters. The molecule has 1 amide bonds. The molecular formula is C20H36F3N5O2. The molecule has 30 heavy (non-hydrogen) atoms. The number of carbonyl (C=O) groups excluding carboxylic acids is 1. The minimum Gasteiger partial charge on any atom is -0.444 e. The third-order valence-electron chi connectivity index (χ3n) is 5.22. The molecule has 2 N–H and O–H groups in total. The molecule has 0 aliphatic carbocycles. The van der Waals surface area contributed by atoms with Gasteiger partial charge in [0, 0.05) is 31.2 Å². The summed E-state index contributed by atoms with van der Waals surface area (Å²) in [7, 11) is 1.44. The number of fused-ring (bicyclic) bond motifs is 2. The summed E-state index contributed by atoms with van der Waals surface area (Å²) >= 11 is 0. The van der Waals surface area contributed by atoms with E-state index < -0.39 is 18.3 Å². The van der Waals surface area contributed by atoms with Crippen molar-refractivity contribution in [3.63, 3.8) is 0 Å². The number of hydrogen-bond donors (Lipinski definition) is 2. The number of nitrogens with one attached hydrogen (secondary N) is 2. The summed E-state index contributed by atoms with van der Waals surface area (Å²) in [6.45, 7) is 7.75. The van der Waals surface area contributed by atoms with Crippen LogP contribution < -0.4 is 10.6 Å². The molecule has 2 aliphatic rings. The highest BCUT2D eigenvalue weighted by atomic mass is 19.4. The van der Waals surface area contributed by atoms with Gasteiger partial charge in [0.2, 0.25) is 0 Å². The lowest BCUT2D eigenvalue weighted by Crippen LogP contribution is -2.55. The summed E-state index contributed by atoms with van der Waals surface area (Å²) in [6.07, 6.45) is -0.942. The lowest BCUT2D eigenvalue weighted by molar-refractivity contribution is -0.142. The fourth-order valence-corrected chi connectivity index (χ4v) is 4.14. The van der Waals surface area contributed by atoms with Crippen molar-refractivity contribution in [3.05, 3.63) is 0 Å². The Morgan fingerprint density at radius 2 is 1.80 bits per heavy atom. The molecule has 2 rings (SSSR count). The van der Waals surface area contributed by atoms with Crippen LogP contribution in [0, 0.1) is 0 Å². The Hall–Kier alpha value is -1.71. The number of alkyl halides is 3. The number of aliphatic imine (C=N–C) groups is 1. The third kappa shape index (κ3) is 7.85. The molecule has 0 saturated carbocycles. The Bertz CT molecular complexity index is 592. The molecule has 10 heteroatoms. The van der Waals surface area contributed by atoms with Crippen LogP contribution in [-0.4, -0.2) is 85.0 Å². The van der Waals surface area contributed by atoms with Crippen LogP contribution in [0.3, 0.4) is 0 Å². The van der Waals surface area contributed by atoms with Gasteiger partial charge in [-0.2, -0.15) is 13.2 Å². The van der Waals surface area contributed by atoms with Crippen molar-refractivity contribution in [1.29, 1.82) is 0 Å². The molecule has 2 aliphatic heterocycles. The molecule has 0 radical (unpaired) electrons. The van der Waals surface area contributed by atoms with Crippen molar-refractivity contribution in [2.75, 3.05) is 33.2 Å². The minimum absolute atomic E-state index is 0.136. The van der Waals surface area contributed by atoms with Crippen LogP contribution in [0.5, 0.6) is 0 Å². The molecule has 0 aromatic carbocycles. The maximum Gasteiger partial charge on any atom is 0.410 e. The maximum absolute atomic E-state index is 12.6. The summed E-state index contributed by atoms with van der Waals surface area (Å²) in [5.41, 5.74) is -0.518. The van der Waals surface area contributed by atoms with Crippen molar-refractivity contribution in [3.8, 4) is 0 Å². The van der Waals surface area contributed by atoms with Gasteiger partial charge in [0.05, 0.1) is 13.1 Å². The van der Waals surface area contributed by atoms with E-state index in [2.05, 4.69) is 15.6 Å². The largest absolute Gasteiger partial charge is 0.444 e. The summed E-state index contributed by atoms with van der Waals surface area (Å²) in [6, 6.07) is 0.431. The highest BCUT2D eigenvalue weighted by Crippen LogP contribution is 2.36. The van der Waals surface area contributed by atoms with E-state index >= 15 is 0 Å². The first-order valence-electron chi connectivity index (χ1n) is 10.7. The molecule has 0 aromatic heterocycles. The van der Waals surface area contributed by atoms with Gasteiger partial charge in [0.25, 0.3) is 0 Å². The van der Waals surface area contributed by atoms with E-state index in [1.165, 1.54) is 11.9 Å². The van der Waals surface area contributed by atoms with Crippen LogP contribution in [-0.2, 0) is 4.74 Å². The second-order valence-corrected chi connectivity index (χ2v) is 9.20. The molecule has 2 atom stereocenters. The van der Waals surface area contributed by atoms with Crippen LogP contribution in [0.15, 0.2) is 4.99 Å². The number of piperidine rings is 1. The molecule has 7 nitrogen and oxygen atoms in total. The van der Waals surface area contributed by atoms with Crippen LogP contribution in [0.2, 0.25) is 0 Å². The second-order valence-electron chi connectivity index (χ2n) is 9.20. The van der Waals surface area contributed by atoms with E-state index in [1.807, 2.05) is 32.6 Å². The quantitative estimate of drug-likeness (QED) is 0.496. The first-order valence-corrected chi connectivity index (χ1v) is 10.7. The predicted molar refractivity (Wildman–Crippen MR) is 111 cm³/mol. The SMILES string of the molecule is CCNC(=NCCN(C)CC(F)(F)F)NC1CC2CCC(C1)N2C(=O)OC(C)(C)C. The van der Waals surface area contributed by atoms with Crippen LogP contribution in [0.1, 0.15) is 53.4 Å². The molecule has 2 fully saturated rings. The third-order valence-corrected chi connectivity index (χ3v) is 5.22. The number of halogens is 3. The maximum atomic E-state index is 12.6. The number of rotatable bonds is 6. The van der Waals surface area contributed by atoms with Crippen molar-refractivity contribution in [2.24, 2.45) is 4.99 Å². The molecule has 0 aromatic rings. The lowest BCUT2D eigenvalue weighted by atomic mass is 9.98. The molecule has 2 bridgehead atoms. The molecule has 174 valence electrons. The number of ether oxygens (including phenoxy) is 1. The van der Waals surface area contributed by atoms with Gasteiger partial charge in [0.15, 0.2) is 5.96 Å². The molecule has 0 spiro atoms. The van der Waals surface area contributed by atoms with Gasteiger partial charge < -0.3 is 20.3 Å². The van der Waals surface area contributed by atoms with E-state index in [4.69, 9.17) is 4.74 Å². The Kier molecular flexibility index (Phi) is 8.24. The number of guanidine groups is 1. The molecule has 2 saturated heterocycles. The summed E-state index contributed by atoms with van der Waals surface area (Å²) in [5, 5.41) is 6.57. The first-order chi connectivity index (χ1) is 13.9. The van der Waals surface area contributed by atoms with E-state index in [9.17, 15) is 18.0 Å². The Morgan fingerprint density at radius 3 is 2.30 bits per heavy atom. The fraction of sp³-hybridized carbons (Fsp3) is 0.900. The molecular weight excluding hydrogens is 399 g/mol. The van der Waals surface area contributed by atoms with Gasteiger partial charge in [-0.3, -0.25) is 9.89 Å². The molecule has 2 heterocycles. The van der Waals surface area contributed by atoms with E-state index in [-0.39, 0.29) is 37.3 Å². The average molecular weight is 436 g/mol. The van der Waals surface area contributed by atoms with Gasteiger partial charge in [-0.15, -0.1) is 0 Å². The zero-order valence-electron chi connectivity index (χ0n) is 18.7. The van der Waals surface area contributed by atoms with Gasteiger partial charge in [-0.1, -0.05) is 0 Å². The highest BCUT2D eigenvalue weighted by molar-refractivity contribution is 5.80. The topological polar surface area (TPSA) is 69.2 Å². The van der Waals surface area contributed by atoms with Crippen LogP contribution in [0.4, 0.5) is 18.0 Å². The number of carbonyl (C=O) groups is 1. The fourth-order valence-electron chi connectivity index (χ4n) is 4.14. The highest BCUT2D eigenvalue weighted by Gasteiger charge is 2.45. The Balaban J connectivity index is 1.89. The summed E-state index contributed by atoms with van der Waals surface area (Å²) in [4.78, 5) is 20.1. The predicted octanol–water partition coefficient (Wildman–Crippen LogP) is 2.97.